The number of nitrogens with one attached hydrogen (secondary N) is 2. The molecule has 0 aliphatic rings. The van der Waals surface area contributed by atoms with Crippen LogP contribution in [0.15, 0.2) is 70.9 Å². The molecule has 0 saturated heterocycles. The van der Waals surface area contributed by atoms with Crippen LogP contribution in [-0.2, 0) is 0 Å². The van der Waals surface area contributed by atoms with E-state index < -0.39 is 0 Å². The molecule has 0 bridgehead atoms. The normalized spacial score (nSPS) is 12.9. The van der Waals surface area contributed by atoms with Crippen molar-refractivity contribution in [2.75, 3.05) is 10.9 Å². The zero-order valence-corrected chi connectivity index (χ0v) is 14.2. The van der Waals surface area contributed by atoms with Gasteiger partial charge in [0.05, 0.1) is 11.4 Å². The fourth-order valence-corrected chi connectivity index (χ4v) is 1.86. The first-order valence-corrected chi connectivity index (χ1v) is 7.72. The van der Waals surface area contributed by atoms with E-state index >= 15 is 0 Å². The molecule has 0 atom stereocenters. The van der Waals surface area contributed by atoms with Crippen molar-refractivity contribution in [3.8, 4) is 0 Å². The maximum atomic E-state index is 4.50. The number of anilines is 2. The van der Waals surface area contributed by atoms with E-state index in [0.29, 0.717) is 0 Å². The first-order chi connectivity index (χ1) is 11.0. The molecular weight excluding hydrogens is 284 g/mol. The van der Waals surface area contributed by atoms with Gasteiger partial charge in [0.1, 0.15) is 0 Å². The summed E-state index contributed by atoms with van der Waals surface area (Å²) in [6.45, 7) is 8.25. The first-order valence-electron chi connectivity index (χ1n) is 7.72. The Morgan fingerprint density at radius 2 is 1.04 bits per heavy atom. The number of benzene rings is 2. The highest BCUT2D eigenvalue weighted by atomic mass is 15.3. The minimum absolute atomic E-state index is 0.246. The lowest BCUT2D eigenvalue weighted by Gasteiger charge is -2.24. The van der Waals surface area contributed by atoms with Crippen LogP contribution >= 0.6 is 0 Å². The molecule has 2 N–H and O–H groups in total. The van der Waals surface area contributed by atoms with Gasteiger partial charge in [-0.25, -0.2) is 0 Å². The van der Waals surface area contributed by atoms with Gasteiger partial charge < -0.3 is 0 Å². The quantitative estimate of drug-likeness (QED) is 0.583. The molecular formula is C19H24N4. The molecule has 0 aromatic heterocycles. The maximum Gasteiger partial charge on any atom is 0.0561 e. The molecule has 23 heavy (non-hydrogen) atoms. The Labute approximate surface area is 138 Å². The number of hydrogen-bond acceptors (Lipinski definition) is 4. The summed E-state index contributed by atoms with van der Waals surface area (Å²) in [6.07, 6.45) is 0. The number of hydrogen-bond donors (Lipinski definition) is 2. The molecule has 2 aromatic carbocycles. The van der Waals surface area contributed by atoms with Crippen LogP contribution in [0.1, 0.15) is 27.7 Å². The number of para-hydroxylation sites is 2. The van der Waals surface area contributed by atoms with Crippen molar-refractivity contribution in [3.05, 3.63) is 60.7 Å². The molecule has 2 rings (SSSR count). The average molecular weight is 308 g/mol. The van der Waals surface area contributed by atoms with Gasteiger partial charge in [0.2, 0.25) is 0 Å². The molecule has 0 saturated carbocycles. The van der Waals surface area contributed by atoms with Gasteiger partial charge in [0.15, 0.2) is 0 Å². The summed E-state index contributed by atoms with van der Waals surface area (Å²) in [5.41, 5.74) is 9.82. The van der Waals surface area contributed by atoms with Gasteiger partial charge in [-0.05, 0) is 52.0 Å². The SMILES string of the molecule is C/C(=N\Nc1ccccc1)C(C)(C)/C(C)=N/Nc1ccccc1. The van der Waals surface area contributed by atoms with Crippen LogP contribution in [0.4, 0.5) is 11.4 Å². The second-order valence-electron chi connectivity index (χ2n) is 5.98. The fraction of sp³-hybridized carbons (Fsp3) is 0.263. The van der Waals surface area contributed by atoms with Gasteiger partial charge >= 0.3 is 0 Å². The van der Waals surface area contributed by atoms with Crippen molar-refractivity contribution in [1.82, 2.24) is 0 Å². The third kappa shape index (κ3) is 4.68. The van der Waals surface area contributed by atoms with E-state index in [0.717, 1.165) is 22.8 Å². The fourth-order valence-electron chi connectivity index (χ4n) is 1.86. The molecule has 0 aliphatic carbocycles. The Balaban J connectivity index is 2.06. The standard InChI is InChI=1S/C19H24N4/c1-15(20-22-17-11-7-5-8-12-17)19(3,4)16(2)21-23-18-13-9-6-10-14-18/h5-14,22-23H,1-4H3/b20-15+,21-16+. The summed E-state index contributed by atoms with van der Waals surface area (Å²) in [6, 6.07) is 19.8. The van der Waals surface area contributed by atoms with Crippen LogP contribution in [0.2, 0.25) is 0 Å². The lowest BCUT2D eigenvalue weighted by Crippen LogP contribution is -2.31. The lowest BCUT2D eigenvalue weighted by molar-refractivity contribution is 0.714. The predicted molar refractivity (Wildman–Crippen MR) is 100 cm³/mol. The molecule has 0 unspecified atom stereocenters. The second kappa shape index (κ2) is 7.58. The van der Waals surface area contributed by atoms with Crippen LogP contribution in [-0.4, -0.2) is 11.4 Å². The molecule has 2 aromatic rings. The topological polar surface area (TPSA) is 48.8 Å². The van der Waals surface area contributed by atoms with Gasteiger partial charge in [-0.2, -0.15) is 10.2 Å². The smallest absolute Gasteiger partial charge is 0.0561 e. The third-order valence-corrected chi connectivity index (χ3v) is 4.06. The van der Waals surface area contributed by atoms with E-state index in [-0.39, 0.29) is 5.41 Å². The molecule has 0 radical (unpaired) electrons. The Morgan fingerprint density at radius 3 is 1.39 bits per heavy atom. The summed E-state index contributed by atoms with van der Waals surface area (Å²) in [5, 5.41) is 9.00. The average Bonchev–Trinajstić information content (AvgIpc) is 2.59. The van der Waals surface area contributed by atoms with E-state index in [9.17, 15) is 0 Å². The minimum atomic E-state index is -0.246. The van der Waals surface area contributed by atoms with Crippen molar-refractivity contribution >= 4 is 22.8 Å². The van der Waals surface area contributed by atoms with E-state index in [1.165, 1.54) is 0 Å². The van der Waals surface area contributed by atoms with Gasteiger partial charge in [0, 0.05) is 16.8 Å². The number of rotatable bonds is 6. The van der Waals surface area contributed by atoms with E-state index in [1.807, 2.05) is 74.5 Å². The zero-order chi connectivity index (χ0) is 16.7. The van der Waals surface area contributed by atoms with E-state index in [2.05, 4.69) is 34.9 Å². The van der Waals surface area contributed by atoms with Crippen molar-refractivity contribution in [2.24, 2.45) is 15.6 Å². The van der Waals surface area contributed by atoms with Gasteiger partial charge in [0.25, 0.3) is 0 Å². The third-order valence-electron chi connectivity index (χ3n) is 4.06. The molecule has 4 nitrogen and oxygen atoms in total. The van der Waals surface area contributed by atoms with Crippen LogP contribution in [0.3, 0.4) is 0 Å². The highest BCUT2D eigenvalue weighted by molar-refractivity contribution is 6.09. The number of hydrazone groups is 2. The van der Waals surface area contributed by atoms with Crippen molar-refractivity contribution < 1.29 is 0 Å². The van der Waals surface area contributed by atoms with Crippen LogP contribution in [0.25, 0.3) is 0 Å². The van der Waals surface area contributed by atoms with Crippen molar-refractivity contribution in [2.45, 2.75) is 27.7 Å². The highest BCUT2D eigenvalue weighted by Gasteiger charge is 2.26. The Morgan fingerprint density at radius 1 is 0.696 bits per heavy atom. The van der Waals surface area contributed by atoms with Crippen LogP contribution in [0.5, 0.6) is 0 Å². The van der Waals surface area contributed by atoms with E-state index in [1.54, 1.807) is 0 Å². The van der Waals surface area contributed by atoms with Crippen LogP contribution < -0.4 is 10.9 Å². The summed E-state index contributed by atoms with van der Waals surface area (Å²) < 4.78 is 0. The molecule has 4 heteroatoms. The molecule has 0 fully saturated rings. The van der Waals surface area contributed by atoms with E-state index in [4.69, 9.17) is 0 Å². The van der Waals surface area contributed by atoms with Crippen molar-refractivity contribution in [1.29, 1.82) is 0 Å². The summed E-state index contributed by atoms with van der Waals surface area (Å²) in [4.78, 5) is 0. The Hall–Kier alpha value is -2.62. The molecule has 0 amide bonds. The summed E-state index contributed by atoms with van der Waals surface area (Å²) in [5.74, 6) is 0. The largest absolute Gasteiger partial charge is 0.279 e. The molecule has 0 heterocycles. The lowest BCUT2D eigenvalue weighted by atomic mass is 9.84. The monoisotopic (exact) mass is 308 g/mol. The summed E-state index contributed by atoms with van der Waals surface area (Å²) >= 11 is 0. The zero-order valence-electron chi connectivity index (χ0n) is 14.2. The van der Waals surface area contributed by atoms with Gasteiger partial charge in [-0.3, -0.25) is 10.9 Å². The minimum Gasteiger partial charge on any atom is -0.279 e. The predicted octanol–water partition coefficient (Wildman–Crippen LogP) is 4.99. The Bertz CT molecular complexity index is 614. The van der Waals surface area contributed by atoms with Gasteiger partial charge in [-0.1, -0.05) is 36.4 Å². The molecule has 120 valence electrons. The van der Waals surface area contributed by atoms with Crippen molar-refractivity contribution in [3.63, 3.8) is 0 Å². The second-order valence-corrected chi connectivity index (χ2v) is 5.98. The molecule has 0 aliphatic heterocycles. The van der Waals surface area contributed by atoms with Gasteiger partial charge in [-0.15, -0.1) is 0 Å². The van der Waals surface area contributed by atoms with Crippen LogP contribution in [0, 0.1) is 5.41 Å². The highest BCUT2D eigenvalue weighted by Crippen LogP contribution is 2.21. The maximum absolute atomic E-state index is 4.50. The Kier molecular flexibility index (Phi) is 5.52. The molecule has 0 spiro atoms. The first kappa shape index (κ1) is 16.7. The number of nitrogens with zero attached hydrogens (tertiary/aromatic N) is 2. The summed E-state index contributed by atoms with van der Waals surface area (Å²) in [7, 11) is 0.